The van der Waals surface area contributed by atoms with Gasteiger partial charge in [-0.2, -0.15) is 18.4 Å². The zero-order valence-corrected chi connectivity index (χ0v) is 26.0. The van der Waals surface area contributed by atoms with Gasteiger partial charge in [-0.25, -0.2) is 26.9 Å². The second-order valence-electron chi connectivity index (χ2n) is 11.8. The van der Waals surface area contributed by atoms with Gasteiger partial charge >= 0.3 is 12.1 Å². The molecule has 1 aromatic heterocycles. The maximum Gasteiger partial charge on any atom is 0.429 e. The van der Waals surface area contributed by atoms with Crippen LogP contribution >= 0.6 is 22.9 Å². The first-order valence-corrected chi connectivity index (χ1v) is 15.8. The zero-order valence-electron chi connectivity index (χ0n) is 24.4. The highest BCUT2D eigenvalue weighted by Gasteiger charge is 2.50. The Labute approximate surface area is 275 Å². The minimum absolute atomic E-state index is 0.103. The van der Waals surface area contributed by atoms with E-state index in [1.807, 2.05) is 11.0 Å². The van der Waals surface area contributed by atoms with Crippen LogP contribution in [0, 0.1) is 23.0 Å². The molecule has 0 saturated carbocycles. The number of nitriles is 1. The molecule has 2 aromatic carbocycles. The fourth-order valence-electron chi connectivity index (χ4n) is 6.91. The number of nitrogen functional groups attached to an aromatic ring is 1. The summed E-state index contributed by atoms with van der Waals surface area (Å²) < 4.78 is 128. The van der Waals surface area contributed by atoms with E-state index in [9.17, 15) is 36.0 Å². The van der Waals surface area contributed by atoms with E-state index in [1.54, 1.807) is 0 Å². The van der Waals surface area contributed by atoms with Crippen LogP contribution in [0.4, 0.5) is 40.1 Å². The molecule has 3 aromatic rings. The van der Waals surface area contributed by atoms with Gasteiger partial charge in [0.05, 0.1) is 44.1 Å². The number of nitrogens with two attached hydrogens (primary N) is 1. The van der Waals surface area contributed by atoms with E-state index in [2.05, 4.69) is 10.3 Å². The number of rotatable bonds is 6. The number of nitrogens with zero attached hydrogens (tertiary/aromatic N) is 4. The molecule has 48 heavy (non-hydrogen) atoms. The van der Waals surface area contributed by atoms with Gasteiger partial charge in [0, 0.05) is 23.9 Å². The van der Waals surface area contributed by atoms with Crippen molar-refractivity contribution >= 4 is 43.8 Å². The number of thiophene rings is 1. The van der Waals surface area contributed by atoms with E-state index in [4.69, 9.17) is 26.8 Å². The Morgan fingerprint density at radius 1 is 1.29 bits per heavy atom. The van der Waals surface area contributed by atoms with Crippen LogP contribution in [-0.2, 0) is 4.74 Å². The van der Waals surface area contributed by atoms with Crippen molar-refractivity contribution in [3.05, 3.63) is 57.1 Å². The molecule has 0 aliphatic carbocycles. The molecule has 0 bridgehead atoms. The molecular formula is C30H23ClF8N6O2S. The molecule has 254 valence electrons. The predicted molar refractivity (Wildman–Crippen MR) is 159 cm³/mol. The van der Waals surface area contributed by atoms with Crippen molar-refractivity contribution in [2.75, 3.05) is 32.0 Å². The molecule has 5 heterocycles. The molecule has 3 N–H and O–H groups in total. The van der Waals surface area contributed by atoms with Crippen molar-refractivity contribution in [2.45, 2.75) is 49.7 Å². The van der Waals surface area contributed by atoms with Gasteiger partial charge in [-0.15, -0.1) is 11.3 Å². The summed E-state index contributed by atoms with van der Waals surface area (Å²) in [6, 6.07) is 3.86. The van der Waals surface area contributed by atoms with Crippen molar-refractivity contribution in [3.8, 4) is 22.9 Å². The molecular weight excluding hydrogens is 696 g/mol. The molecule has 4 aliphatic heterocycles. The molecule has 2 saturated heterocycles. The molecule has 3 atom stereocenters. The summed E-state index contributed by atoms with van der Waals surface area (Å²) in [4.78, 5) is 6.29. The number of ether oxygens (including phenoxy) is 2. The Bertz CT molecular complexity index is 2050. The number of fused-ring (bicyclic) bond motifs is 2. The number of hydrogen-bond donors (Lipinski definition) is 2. The summed E-state index contributed by atoms with van der Waals surface area (Å²) in [6.07, 6.45) is -9.77. The van der Waals surface area contributed by atoms with Crippen LogP contribution in [0.1, 0.15) is 24.8 Å². The van der Waals surface area contributed by atoms with Crippen molar-refractivity contribution in [1.82, 2.24) is 15.1 Å². The summed E-state index contributed by atoms with van der Waals surface area (Å²) in [5.74, 6) is -4.09. The van der Waals surface area contributed by atoms with Crippen LogP contribution < -0.4 is 26.4 Å². The molecule has 18 heteroatoms. The molecule has 0 radical (unpaired) electrons. The molecule has 7 rings (SSSR count). The van der Waals surface area contributed by atoms with Crippen molar-refractivity contribution in [2.24, 2.45) is 4.99 Å². The highest BCUT2D eigenvalue weighted by molar-refractivity contribution is 7.23. The van der Waals surface area contributed by atoms with Gasteiger partial charge in [-0.05, 0) is 31.0 Å². The van der Waals surface area contributed by atoms with Gasteiger partial charge in [-0.1, -0.05) is 17.7 Å². The quantitative estimate of drug-likeness (QED) is 0.326. The van der Waals surface area contributed by atoms with Crippen molar-refractivity contribution < 1.29 is 44.6 Å². The Kier molecular flexibility index (Phi) is 7.83. The van der Waals surface area contributed by atoms with Crippen LogP contribution in [0.25, 0.3) is 27.0 Å². The first-order chi connectivity index (χ1) is 22.7. The summed E-state index contributed by atoms with van der Waals surface area (Å²) in [5, 5.41) is 9.75. The predicted octanol–water partition coefficient (Wildman–Crippen LogP) is 5.48. The third-order valence-corrected chi connectivity index (χ3v) is 10.3. The molecule has 2 fully saturated rings. The zero-order chi connectivity index (χ0) is 34.3. The number of benzene rings is 2. The van der Waals surface area contributed by atoms with Gasteiger partial charge in [-0.3, -0.25) is 4.90 Å². The molecule has 1 unspecified atom stereocenters. The molecule has 0 spiro atoms. The van der Waals surface area contributed by atoms with Crippen LogP contribution in [0.15, 0.2) is 29.3 Å². The number of anilines is 1. The van der Waals surface area contributed by atoms with Gasteiger partial charge in [0.2, 0.25) is 6.17 Å². The summed E-state index contributed by atoms with van der Waals surface area (Å²) in [5.41, 5.74) is 4.15. The lowest BCUT2D eigenvalue weighted by atomic mass is 9.95. The van der Waals surface area contributed by atoms with Gasteiger partial charge in [0.1, 0.15) is 35.5 Å². The second kappa shape index (κ2) is 11.6. The maximum atomic E-state index is 16.9. The summed E-state index contributed by atoms with van der Waals surface area (Å²) in [6.45, 7) is -0.612. The molecule has 8 nitrogen and oxygen atoms in total. The lowest BCUT2D eigenvalue weighted by molar-refractivity contribution is -0.152. The second-order valence-corrected chi connectivity index (χ2v) is 13.3. The van der Waals surface area contributed by atoms with E-state index in [0.29, 0.717) is 29.2 Å². The van der Waals surface area contributed by atoms with Gasteiger partial charge < -0.3 is 25.4 Å². The largest absolute Gasteiger partial charge is 0.462 e. The third kappa shape index (κ3) is 5.15. The van der Waals surface area contributed by atoms with Crippen LogP contribution in [0.2, 0.25) is 5.02 Å². The number of alkyl halides is 6. The summed E-state index contributed by atoms with van der Waals surface area (Å²) >= 11 is 7.35. The molecule has 4 aliphatic rings. The lowest BCUT2D eigenvalue weighted by Gasteiger charge is -2.31. The normalized spacial score (nSPS) is 23.6. The first kappa shape index (κ1) is 32.5. The number of halogens is 9. The third-order valence-electron chi connectivity index (χ3n) is 8.92. The fraction of sp³-hybridized carbons (Fsp3) is 0.400. The van der Waals surface area contributed by atoms with Crippen LogP contribution in [0.3, 0.4) is 0 Å². The van der Waals surface area contributed by atoms with E-state index in [1.165, 1.54) is 0 Å². The lowest BCUT2D eigenvalue weighted by Crippen LogP contribution is -2.53. The minimum Gasteiger partial charge on any atom is -0.462 e. The van der Waals surface area contributed by atoms with Crippen LogP contribution in [0.5, 0.6) is 5.75 Å². The SMILES string of the molecule is N#Cc1c(N)sc2c(F)ccc(-c3c(F)c4c5c(c3Cl)=NC(C(F)(F)F)NC=5N(CC(F)F)C=C(OC[C@@]35CCCN3C[C@H](F)C5)O4)c12. The number of nitrogens with one attached hydrogen (secondary N) is 1. The van der Waals surface area contributed by atoms with Gasteiger partial charge in [0.15, 0.2) is 11.6 Å². The fourth-order valence-corrected chi connectivity index (χ4v) is 8.19. The van der Waals surface area contributed by atoms with Crippen LogP contribution in [-0.4, -0.2) is 66.5 Å². The number of hydrogen-bond acceptors (Lipinski definition) is 9. The average Bonchev–Trinajstić information content (AvgIpc) is 3.62. The topological polar surface area (TPSA) is 99.1 Å². The summed E-state index contributed by atoms with van der Waals surface area (Å²) in [7, 11) is 0. The Morgan fingerprint density at radius 3 is 2.77 bits per heavy atom. The Morgan fingerprint density at radius 2 is 2.06 bits per heavy atom. The maximum absolute atomic E-state index is 16.9. The van der Waals surface area contributed by atoms with Crippen molar-refractivity contribution in [1.29, 1.82) is 5.26 Å². The van der Waals surface area contributed by atoms with E-state index < -0.39 is 87.3 Å². The van der Waals surface area contributed by atoms with Gasteiger partial charge in [0.25, 0.3) is 6.43 Å². The van der Waals surface area contributed by atoms with E-state index >= 15 is 4.39 Å². The molecule has 0 amide bonds. The highest BCUT2D eigenvalue weighted by atomic mass is 35.5. The van der Waals surface area contributed by atoms with Crippen molar-refractivity contribution in [3.63, 3.8) is 0 Å². The standard InChI is InChI=1S/C30H23ClF8N6O2S/c31-21-19(13-2-3-15(33)25-18(13)14(7-40)26(41)48-25)22(36)24-20-23(21)42-28(30(37,38)39)43-27(20)44(9-16(34)35)10-17(47-24)46-11-29-4-1-5-45(29)8-12(32)6-29/h2-3,10,12,16,28,43H,1,4-6,8-9,11,41H2/t12-,28?,29+/m1/s1. The Hall–Kier alpha value is -4.01. The monoisotopic (exact) mass is 718 g/mol. The van der Waals surface area contributed by atoms with E-state index in [-0.39, 0.29) is 45.8 Å². The van der Waals surface area contributed by atoms with E-state index in [0.717, 1.165) is 24.8 Å². The smallest absolute Gasteiger partial charge is 0.429 e. The minimum atomic E-state index is -5.08. The highest BCUT2D eigenvalue weighted by Crippen LogP contribution is 2.45. The average molecular weight is 719 g/mol. The first-order valence-electron chi connectivity index (χ1n) is 14.6. The Balaban J connectivity index is 1.47.